The van der Waals surface area contributed by atoms with Crippen molar-refractivity contribution in [3.63, 3.8) is 0 Å². The Morgan fingerprint density at radius 2 is 1.44 bits per heavy atom. The van der Waals surface area contributed by atoms with Crippen LogP contribution in [-0.4, -0.2) is 81.8 Å². The summed E-state index contributed by atoms with van der Waals surface area (Å²) in [5.74, 6) is -4.87. The maximum atomic E-state index is 13.0. The lowest BCUT2D eigenvalue weighted by Crippen LogP contribution is -2.59. The lowest BCUT2D eigenvalue weighted by atomic mass is 10.0. The summed E-state index contributed by atoms with van der Waals surface area (Å²) in [6.07, 6.45) is -1.76. The molecule has 0 aliphatic rings. The van der Waals surface area contributed by atoms with Gasteiger partial charge in [-0.2, -0.15) is 0 Å². The molecule has 13 nitrogen and oxygen atoms in total. The van der Waals surface area contributed by atoms with E-state index < -0.39 is 66.5 Å². The molecule has 10 N–H and O–H groups in total. The second-order valence-corrected chi connectivity index (χ2v) is 7.67. The number of hydrogen-bond acceptors (Lipinski definition) is 8. The van der Waals surface area contributed by atoms with Crippen molar-refractivity contribution in [2.45, 2.75) is 56.5 Å². The van der Waals surface area contributed by atoms with Crippen LogP contribution in [0.3, 0.4) is 0 Å². The number of carboxylic acid groups (broad SMARTS) is 1. The third-order valence-corrected chi connectivity index (χ3v) is 4.85. The summed E-state index contributed by atoms with van der Waals surface area (Å²) in [6.45, 7) is 0.405. The Morgan fingerprint density at radius 3 is 1.94 bits per heavy atom. The zero-order valence-corrected chi connectivity index (χ0v) is 18.6. The molecule has 0 spiro atoms. The van der Waals surface area contributed by atoms with E-state index >= 15 is 0 Å². The first-order valence-corrected chi connectivity index (χ1v) is 10.5. The fraction of sp³-hybridized carbons (Fsp3) is 0.476. The molecule has 0 aliphatic carbocycles. The highest BCUT2D eigenvalue weighted by Crippen LogP contribution is 2.06. The van der Waals surface area contributed by atoms with Crippen molar-refractivity contribution in [3.05, 3.63) is 35.9 Å². The minimum Gasteiger partial charge on any atom is -0.480 e. The number of hydrogen-bond donors (Lipinski definition) is 8. The van der Waals surface area contributed by atoms with Crippen molar-refractivity contribution in [3.8, 4) is 0 Å². The number of aliphatic hydroxyl groups excluding tert-OH is 2. The Hall–Kier alpha value is -3.55. The number of primary amides is 1. The highest BCUT2D eigenvalue weighted by molar-refractivity contribution is 5.94. The number of carbonyl (C=O) groups is 5. The van der Waals surface area contributed by atoms with E-state index in [4.69, 9.17) is 21.7 Å². The number of amides is 4. The third-order valence-electron chi connectivity index (χ3n) is 4.85. The van der Waals surface area contributed by atoms with Crippen molar-refractivity contribution in [2.24, 2.45) is 11.5 Å². The second-order valence-electron chi connectivity index (χ2n) is 7.67. The van der Waals surface area contributed by atoms with E-state index in [1.807, 2.05) is 0 Å². The zero-order valence-electron chi connectivity index (χ0n) is 18.6. The standard InChI is InChI=1S/C21H31N5O8/c1-11(28)17(23)20(32)25-14(9-12-5-3-2-4-6-12)19(31)24-13(7-8-16(22)29)18(30)26-15(10-27)21(33)34/h2-6,11,13-15,17,27-28H,7-10,23H2,1H3,(H2,22,29)(H,24,31)(H,25,32)(H,26,30)(H,33,34). The minimum atomic E-state index is -1.63. The number of benzene rings is 1. The second kappa shape index (κ2) is 13.9. The van der Waals surface area contributed by atoms with E-state index in [0.29, 0.717) is 5.56 Å². The van der Waals surface area contributed by atoms with Gasteiger partial charge in [-0.05, 0) is 18.9 Å². The van der Waals surface area contributed by atoms with Gasteiger partial charge >= 0.3 is 5.97 Å². The summed E-state index contributed by atoms with van der Waals surface area (Å²) in [4.78, 5) is 60.3. The van der Waals surface area contributed by atoms with Crippen LogP contribution in [0.1, 0.15) is 25.3 Å². The van der Waals surface area contributed by atoms with E-state index in [9.17, 15) is 29.1 Å². The van der Waals surface area contributed by atoms with Gasteiger partial charge in [0.05, 0.1) is 12.7 Å². The average molecular weight is 482 g/mol. The van der Waals surface area contributed by atoms with Gasteiger partial charge in [-0.3, -0.25) is 19.2 Å². The first-order chi connectivity index (χ1) is 16.0. The molecule has 0 radical (unpaired) electrons. The maximum Gasteiger partial charge on any atom is 0.328 e. The largest absolute Gasteiger partial charge is 0.480 e. The molecule has 0 bridgehead atoms. The van der Waals surface area contributed by atoms with Gasteiger partial charge in [-0.15, -0.1) is 0 Å². The number of carbonyl (C=O) groups excluding carboxylic acids is 4. The number of aliphatic carboxylic acids is 1. The molecule has 0 aliphatic heterocycles. The Kier molecular flexibility index (Phi) is 11.6. The molecule has 1 aromatic rings. The van der Waals surface area contributed by atoms with Crippen LogP contribution < -0.4 is 27.4 Å². The van der Waals surface area contributed by atoms with Gasteiger partial charge in [-0.1, -0.05) is 30.3 Å². The predicted octanol–water partition coefficient (Wildman–Crippen LogP) is -3.27. The van der Waals surface area contributed by atoms with Crippen LogP contribution in [0.15, 0.2) is 30.3 Å². The topological polar surface area (TPSA) is 234 Å². The van der Waals surface area contributed by atoms with E-state index in [1.54, 1.807) is 30.3 Å². The predicted molar refractivity (Wildman–Crippen MR) is 119 cm³/mol. The summed E-state index contributed by atoms with van der Waals surface area (Å²) in [5.41, 5.74) is 11.4. The molecule has 34 heavy (non-hydrogen) atoms. The third kappa shape index (κ3) is 9.52. The van der Waals surface area contributed by atoms with E-state index in [0.717, 1.165) is 0 Å². The Balaban J connectivity index is 3.10. The molecule has 0 aromatic heterocycles. The van der Waals surface area contributed by atoms with E-state index in [1.165, 1.54) is 6.92 Å². The normalized spacial score (nSPS) is 15.2. The molecule has 4 amide bonds. The molecule has 0 saturated heterocycles. The highest BCUT2D eigenvalue weighted by Gasteiger charge is 2.31. The molecule has 5 atom stereocenters. The van der Waals surface area contributed by atoms with Crippen molar-refractivity contribution >= 4 is 29.6 Å². The average Bonchev–Trinajstić information content (AvgIpc) is 2.78. The smallest absolute Gasteiger partial charge is 0.328 e. The van der Waals surface area contributed by atoms with Gasteiger partial charge in [-0.25, -0.2) is 4.79 Å². The van der Waals surface area contributed by atoms with Gasteiger partial charge in [0, 0.05) is 12.8 Å². The quantitative estimate of drug-likeness (QED) is 0.133. The van der Waals surface area contributed by atoms with Gasteiger partial charge in [0.2, 0.25) is 23.6 Å². The minimum absolute atomic E-state index is 0.00346. The number of aliphatic hydroxyl groups is 2. The molecule has 0 fully saturated rings. The highest BCUT2D eigenvalue weighted by atomic mass is 16.4. The van der Waals surface area contributed by atoms with Crippen LogP contribution in [0.4, 0.5) is 0 Å². The van der Waals surface area contributed by atoms with Gasteiger partial charge < -0.3 is 42.7 Å². The Bertz CT molecular complexity index is 864. The maximum absolute atomic E-state index is 13.0. The lowest BCUT2D eigenvalue weighted by molar-refractivity contribution is -0.143. The molecule has 13 heteroatoms. The molecule has 0 saturated carbocycles. The lowest BCUT2D eigenvalue weighted by Gasteiger charge is -2.25. The Morgan fingerprint density at radius 1 is 0.912 bits per heavy atom. The molecular weight excluding hydrogens is 450 g/mol. The monoisotopic (exact) mass is 481 g/mol. The molecule has 1 rings (SSSR count). The van der Waals surface area contributed by atoms with E-state index in [2.05, 4.69) is 16.0 Å². The van der Waals surface area contributed by atoms with Gasteiger partial charge in [0.15, 0.2) is 0 Å². The van der Waals surface area contributed by atoms with Crippen LogP contribution in [0, 0.1) is 0 Å². The summed E-state index contributed by atoms with van der Waals surface area (Å²) in [5, 5.41) is 34.6. The molecule has 188 valence electrons. The first kappa shape index (κ1) is 28.5. The summed E-state index contributed by atoms with van der Waals surface area (Å²) >= 11 is 0. The SMILES string of the molecule is CC(O)C(N)C(=O)NC(Cc1ccccc1)C(=O)NC(CCC(N)=O)C(=O)NC(CO)C(=O)O. The summed E-state index contributed by atoms with van der Waals surface area (Å²) < 4.78 is 0. The Labute approximate surface area is 195 Å². The van der Waals surface area contributed by atoms with Crippen molar-refractivity contribution in [1.82, 2.24) is 16.0 Å². The van der Waals surface area contributed by atoms with Crippen LogP contribution in [0.25, 0.3) is 0 Å². The van der Waals surface area contributed by atoms with Crippen molar-refractivity contribution in [2.75, 3.05) is 6.61 Å². The number of nitrogens with one attached hydrogen (secondary N) is 3. The van der Waals surface area contributed by atoms with E-state index in [-0.39, 0.29) is 19.3 Å². The number of rotatable bonds is 14. The van der Waals surface area contributed by atoms with Gasteiger partial charge in [0.1, 0.15) is 24.2 Å². The number of nitrogens with two attached hydrogens (primary N) is 2. The van der Waals surface area contributed by atoms with Crippen LogP contribution in [0.5, 0.6) is 0 Å². The van der Waals surface area contributed by atoms with Crippen molar-refractivity contribution < 1.29 is 39.3 Å². The molecule has 5 unspecified atom stereocenters. The fourth-order valence-corrected chi connectivity index (χ4v) is 2.83. The van der Waals surface area contributed by atoms with Crippen LogP contribution in [0.2, 0.25) is 0 Å². The van der Waals surface area contributed by atoms with Crippen LogP contribution in [-0.2, 0) is 30.4 Å². The van der Waals surface area contributed by atoms with Crippen LogP contribution >= 0.6 is 0 Å². The molecule has 1 aromatic carbocycles. The molecular formula is C21H31N5O8. The molecule has 0 heterocycles. The number of carboxylic acids is 1. The fourth-order valence-electron chi connectivity index (χ4n) is 2.83. The van der Waals surface area contributed by atoms with Gasteiger partial charge in [0.25, 0.3) is 0 Å². The summed E-state index contributed by atoms with van der Waals surface area (Å²) in [6, 6.07) is 3.03. The zero-order chi connectivity index (χ0) is 25.8. The summed E-state index contributed by atoms with van der Waals surface area (Å²) in [7, 11) is 0. The van der Waals surface area contributed by atoms with Crippen molar-refractivity contribution in [1.29, 1.82) is 0 Å². The first-order valence-electron chi connectivity index (χ1n) is 10.5.